The van der Waals surface area contributed by atoms with Gasteiger partial charge in [-0.05, 0) is 54.4 Å². The van der Waals surface area contributed by atoms with E-state index >= 15 is 4.39 Å². The van der Waals surface area contributed by atoms with E-state index in [0.29, 0.717) is 28.1 Å². The Labute approximate surface area is 204 Å². The molecule has 10 heteroatoms. The Kier molecular flexibility index (Phi) is 5.71. The first-order valence-corrected chi connectivity index (χ1v) is 11.0. The van der Waals surface area contributed by atoms with E-state index in [9.17, 15) is 18.4 Å². The first kappa shape index (κ1) is 23.2. The summed E-state index contributed by atoms with van der Waals surface area (Å²) in [6, 6.07) is 9.91. The number of urea groups is 1. The van der Waals surface area contributed by atoms with E-state index in [4.69, 9.17) is 0 Å². The van der Waals surface area contributed by atoms with Crippen molar-refractivity contribution in [3.05, 3.63) is 89.0 Å². The molecule has 3 N–H and O–H groups in total. The molecule has 0 atom stereocenters. The fraction of sp³-hybridized carbons (Fsp3) is 0.115. The highest BCUT2D eigenvalue weighted by Crippen LogP contribution is 2.37. The minimum atomic E-state index is -0.903. The van der Waals surface area contributed by atoms with Gasteiger partial charge in [0, 0.05) is 42.3 Å². The second-order valence-corrected chi connectivity index (χ2v) is 8.37. The number of fused-ring (bicyclic) bond motifs is 1. The Hall–Kier alpha value is -4.60. The van der Waals surface area contributed by atoms with Gasteiger partial charge in [0.1, 0.15) is 29.0 Å². The van der Waals surface area contributed by atoms with Crippen LogP contribution in [0, 0.1) is 24.4 Å². The molecule has 5 rings (SSSR count). The SMILES string of the molecule is Cc1cnc(-c2ccc(-c3ccc(NC(=O)N(C)c4c(F)cccc4F)cc3F)c3c2C(=O)NC3)[nH]1. The highest BCUT2D eigenvalue weighted by Gasteiger charge is 2.28. The predicted molar refractivity (Wildman–Crippen MR) is 129 cm³/mol. The lowest BCUT2D eigenvalue weighted by molar-refractivity contribution is 0.0966. The molecule has 0 saturated heterocycles. The predicted octanol–water partition coefficient (Wildman–Crippen LogP) is 5.38. The summed E-state index contributed by atoms with van der Waals surface area (Å²) in [6.45, 7) is 2.08. The molecule has 0 saturated carbocycles. The number of hydrogen-bond acceptors (Lipinski definition) is 3. The van der Waals surface area contributed by atoms with Gasteiger partial charge in [0.25, 0.3) is 5.91 Å². The number of nitrogens with zero attached hydrogens (tertiary/aromatic N) is 2. The number of aromatic amines is 1. The van der Waals surface area contributed by atoms with Crippen molar-refractivity contribution in [2.45, 2.75) is 13.5 Å². The molecule has 1 aliphatic heterocycles. The third kappa shape index (κ3) is 3.96. The molecule has 0 radical (unpaired) electrons. The first-order chi connectivity index (χ1) is 17.2. The van der Waals surface area contributed by atoms with Gasteiger partial charge in [-0.2, -0.15) is 0 Å². The number of aryl methyl sites for hydroxylation is 1. The summed E-state index contributed by atoms with van der Waals surface area (Å²) in [4.78, 5) is 33.3. The van der Waals surface area contributed by atoms with E-state index in [1.54, 1.807) is 18.3 Å². The smallest absolute Gasteiger partial charge is 0.326 e. The highest BCUT2D eigenvalue weighted by molar-refractivity contribution is 6.06. The number of para-hydroxylation sites is 1. The maximum Gasteiger partial charge on any atom is 0.326 e. The molecule has 7 nitrogen and oxygen atoms in total. The molecule has 4 aromatic rings. The molecule has 0 aliphatic carbocycles. The number of rotatable bonds is 4. The number of aromatic nitrogens is 2. The average molecular weight is 491 g/mol. The van der Waals surface area contributed by atoms with Crippen LogP contribution in [0.2, 0.25) is 0 Å². The maximum absolute atomic E-state index is 15.2. The fourth-order valence-corrected chi connectivity index (χ4v) is 4.28. The number of benzene rings is 3. The summed E-state index contributed by atoms with van der Waals surface area (Å²) < 4.78 is 43.3. The number of halogens is 3. The van der Waals surface area contributed by atoms with Gasteiger partial charge in [-0.15, -0.1) is 0 Å². The lowest BCUT2D eigenvalue weighted by atomic mass is 9.92. The van der Waals surface area contributed by atoms with Crippen molar-refractivity contribution in [3.8, 4) is 22.5 Å². The van der Waals surface area contributed by atoms with Crippen molar-refractivity contribution < 1.29 is 22.8 Å². The number of hydrogen-bond donors (Lipinski definition) is 3. The minimum Gasteiger partial charge on any atom is -0.348 e. The third-order valence-electron chi connectivity index (χ3n) is 6.01. The number of amides is 3. The summed E-state index contributed by atoms with van der Waals surface area (Å²) >= 11 is 0. The van der Waals surface area contributed by atoms with E-state index < -0.39 is 29.2 Å². The summed E-state index contributed by atoms with van der Waals surface area (Å²) in [5.74, 6) is -2.18. The van der Waals surface area contributed by atoms with E-state index in [2.05, 4.69) is 20.6 Å². The largest absolute Gasteiger partial charge is 0.348 e. The van der Waals surface area contributed by atoms with E-state index in [1.165, 1.54) is 25.2 Å². The van der Waals surface area contributed by atoms with Crippen molar-refractivity contribution in [3.63, 3.8) is 0 Å². The van der Waals surface area contributed by atoms with Crippen LogP contribution in [0.15, 0.2) is 54.7 Å². The van der Waals surface area contributed by atoms with E-state index in [0.717, 1.165) is 28.8 Å². The molecule has 0 bridgehead atoms. The molecule has 1 aliphatic rings. The number of nitrogens with one attached hydrogen (secondary N) is 3. The maximum atomic E-state index is 15.2. The van der Waals surface area contributed by atoms with Gasteiger partial charge < -0.3 is 15.6 Å². The van der Waals surface area contributed by atoms with Crippen molar-refractivity contribution in [1.82, 2.24) is 15.3 Å². The zero-order valence-electron chi connectivity index (χ0n) is 19.2. The number of H-pyrrole nitrogens is 1. The number of anilines is 2. The van der Waals surface area contributed by atoms with Crippen LogP contribution in [-0.4, -0.2) is 29.0 Å². The second-order valence-electron chi connectivity index (χ2n) is 8.37. The monoisotopic (exact) mass is 491 g/mol. The topological polar surface area (TPSA) is 90.1 Å². The van der Waals surface area contributed by atoms with Crippen LogP contribution in [0.25, 0.3) is 22.5 Å². The minimum absolute atomic E-state index is 0.0957. The van der Waals surface area contributed by atoms with Crippen molar-refractivity contribution in [2.75, 3.05) is 17.3 Å². The van der Waals surface area contributed by atoms with Crippen LogP contribution < -0.4 is 15.5 Å². The van der Waals surface area contributed by atoms with Crippen LogP contribution in [0.1, 0.15) is 21.6 Å². The van der Waals surface area contributed by atoms with Gasteiger partial charge in [-0.3, -0.25) is 9.69 Å². The number of carbonyl (C=O) groups excluding carboxylic acids is 2. The average Bonchev–Trinajstić information content (AvgIpc) is 3.45. The summed E-state index contributed by atoms with van der Waals surface area (Å²) in [5.41, 5.74) is 2.85. The standard InChI is InChI=1S/C26H20F3N5O2/c1-13-11-30-24(32-13)17-9-8-15(18-12-31-25(35)22(17)18)16-7-6-14(10-21(16)29)33-26(36)34(2)23-19(27)4-3-5-20(23)28/h3-11H,12H2,1-2H3,(H,30,32)(H,31,35)(H,33,36). The number of carbonyl (C=O) groups is 2. The Morgan fingerprint density at radius 2 is 1.69 bits per heavy atom. The van der Waals surface area contributed by atoms with Crippen molar-refractivity contribution in [2.24, 2.45) is 0 Å². The lowest BCUT2D eigenvalue weighted by Gasteiger charge is -2.19. The molecule has 0 unspecified atom stereocenters. The van der Waals surface area contributed by atoms with Gasteiger partial charge >= 0.3 is 6.03 Å². The van der Waals surface area contributed by atoms with Gasteiger partial charge in [0.2, 0.25) is 0 Å². The molecule has 2 heterocycles. The number of imidazole rings is 1. The third-order valence-corrected chi connectivity index (χ3v) is 6.01. The summed E-state index contributed by atoms with van der Waals surface area (Å²) in [6.07, 6.45) is 1.66. The normalized spacial score (nSPS) is 12.3. The zero-order chi connectivity index (χ0) is 25.6. The zero-order valence-corrected chi connectivity index (χ0v) is 19.2. The molecule has 1 aromatic heterocycles. The second kappa shape index (κ2) is 8.88. The Balaban J connectivity index is 1.45. The molecule has 3 aromatic carbocycles. The summed E-state index contributed by atoms with van der Waals surface area (Å²) in [5, 5.41) is 5.22. The van der Waals surface area contributed by atoms with Gasteiger partial charge in [-0.25, -0.2) is 22.9 Å². The van der Waals surface area contributed by atoms with Gasteiger partial charge in [-0.1, -0.05) is 12.1 Å². The first-order valence-electron chi connectivity index (χ1n) is 11.0. The molecule has 0 fully saturated rings. The summed E-state index contributed by atoms with van der Waals surface area (Å²) in [7, 11) is 1.21. The van der Waals surface area contributed by atoms with Gasteiger partial charge in [0.15, 0.2) is 0 Å². The van der Waals surface area contributed by atoms with Crippen molar-refractivity contribution >= 4 is 23.3 Å². The molecule has 3 amide bonds. The molecular formula is C26H20F3N5O2. The fourth-order valence-electron chi connectivity index (χ4n) is 4.28. The van der Waals surface area contributed by atoms with E-state index in [1.807, 2.05) is 6.92 Å². The van der Waals surface area contributed by atoms with Crippen LogP contribution in [0.5, 0.6) is 0 Å². The lowest BCUT2D eigenvalue weighted by Crippen LogP contribution is -2.32. The van der Waals surface area contributed by atoms with E-state index in [-0.39, 0.29) is 23.7 Å². The molecule has 0 spiro atoms. The highest BCUT2D eigenvalue weighted by atomic mass is 19.1. The van der Waals surface area contributed by atoms with Gasteiger partial charge in [0.05, 0.1) is 5.56 Å². The Morgan fingerprint density at radius 1 is 1.00 bits per heavy atom. The molecular weight excluding hydrogens is 471 g/mol. The van der Waals surface area contributed by atoms with Crippen LogP contribution >= 0.6 is 0 Å². The Morgan fingerprint density at radius 3 is 2.36 bits per heavy atom. The Bertz CT molecular complexity index is 1510. The molecule has 36 heavy (non-hydrogen) atoms. The quantitative estimate of drug-likeness (QED) is 0.358. The molecule has 182 valence electrons. The van der Waals surface area contributed by atoms with Crippen molar-refractivity contribution in [1.29, 1.82) is 0 Å². The van der Waals surface area contributed by atoms with Crippen LogP contribution in [0.4, 0.5) is 29.3 Å². The van der Waals surface area contributed by atoms with Crippen LogP contribution in [0.3, 0.4) is 0 Å². The van der Waals surface area contributed by atoms with Crippen LogP contribution in [-0.2, 0) is 6.54 Å².